The van der Waals surface area contributed by atoms with E-state index in [1.807, 2.05) is 6.07 Å². The van der Waals surface area contributed by atoms with Crippen LogP contribution in [0.4, 0.5) is 0 Å². The van der Waals surface area contributed by atoms with Gasteiger partial charge in [-0.3, -0.25) is 4.90 Å². The summed E-state index contributed by atoms with van der Waals surface area (Å²) in [4.78, 5) is 5.11. The maximum atomic E-state index is 6.06. The second-order valence-corrected chi connectivity index (χ2v) is 6.10. The van der Waals surface area contributed by atoms with Gasteiger partial charge in [0.25, 0.3) is 0 Å². The van der Waals surface area contributed by atoms with Gasteiger partial charge in [0.2, 0.25) is 0 Å². The number of rotatable bonds is 1. The summed E-state index contributed by atoms with van der Waals surface area (Å²) in [6.07, 6.45) is 3.79. The van der Waals surface area contributed by atoms with Crippen molar-refractivity contribution in [1.29, 1.82) is 0 Å². The molecule has 1 aromatic rings. The van der Waals surface area contributed by atoms with Gasteiger partial charge in [-0.15, -0.1) is 0 Å². The lowest BCUT2D eigenvalue weighted by Crippen LogP contribution is -2.45. The summed E-state index contributed by atoms with van der Waals surface area (Å²) in [5.41, 5.74) is 2.93. The SMILES string of the molecule is CN1CCC(N2CCc3cc(Cl)ccc3C2)CC1. The van der Waals surface area contributed by atoms with E-state index in [2.05, 4.69) is 29.0 Å². The van der Waals surface area contributed by atoms with Crippen LogP contribution in [0.5, 0.6) is 0 Å². The molecule has 0 aromatic heterocycles. The van der Waals surface area contributed by atoms with E-state index >= 15 is 0 Å². The molecule has 0 aliphatic carbocycles. The quantitative estimate of drug-likeness (QED) is 0.770. The molecule has 0 radical (unpaired) electrons. The van der Waals surface area contributed by atoms with Crippen molar-refractivity contribution in [3.63, 3.8) is 0 Å². The topological polar surface area (TPSA) is 6.48 Å². The minimum absolute atomic E-state index is 0.782. The van der Waals surface area contributed by atoms with Crippen LogP contribution in [0.1, 0.15) is 24.0 Å². The first-order chi connectivity index (χ1) is 8.72. The Hall–Kier alpha value is -0.570. The van der Waals surface area contributed by atoms with Crippen molar-refractivity contribution in [2.45, 2.75) is 31.8 Å². The largest absolute Gasteiger partial charge is 0.306 e. The van der Waals surface area contributed by atoms with Crippen molar-refractivity contribution in [1.82, 2.24) is 9.80 Å². The first kappa shape index (κ1) is 12.5. The molecule has 0 atom stereocenters. The van der Waals surface area contributed by atoms with Crippen molar-refractivity contribution < 1.29 is 0 Å². The van der Waals surface area contributed by atoms with Gasteiger partial charge in [-0.05, 0) is 62.7 Å². The highest BCUT2D eigenvalue weighted by atomic mass is 35.5. The van der Waals surface area contributed by atoms with Crippen molar-refractivity contribution in [3.05, 3.63) is 34.3 Å². The Bertz CT molecular complexity index is 425. The molecule has 0 N–H and O–H groups in total. The normalized spacial score (nSPS) is 23.0. The lowest BCUT2D eigenvalue weighted by molar-refractivity contribution is 0.109. The van der Waals surface area contributed by atoms with E-state index < -0.39 is 0 Å². The molecule has 0 spiro atoms. The minimum Gasteiger partial charge on any atom is -0.306 e. The number of nitrogens with zero attached hydrogens (tertiary/aromatic N) is 2. The molecule has 3 rings (SSSR count). The van der Waals surface area contributed by atoms with Gasteiger partial charge in [0.15, 0.2) is 0 Å². The molecule has 2 nitrogen and oxygen atoms in total. The van der Waals surface area contributed by atoms with Crippen molar-refractivity contribution in [2.75, 3.05) is 26.7 Å². The summed E-state index contributed by atoms with van der Waals surface area (Å²) >= 11 is 6.06. The summed E-state index contributed by atoms with van der Waals surface area (Å²) in [5.74, 6) is 0. The molecule has 98 valence electrons. The van der Waals surface area contributed by atoms with Crippen LogP contribution >= 0.6 is 11.6 Å². The van der Waals surface area contributed by atoms with Crippen LogP contribution < -0.4 is 0 Å². The standard InChI is InChI=1S/C15H21ClN2/c1-17-7-5-15(6-8-17)18-9-4-12-10-14(16)3-2-13(12)11-18/h2-3,10,15H,4-9,11H2,1H3. The van der Waals surface area contributed by atoms with Crippen LogP contribution in [0.2, 0.25) is 5.02 Å². The van der Waals surface area contributed by atoms with Crippen LogP contribution in [0.15, 0.2) is 18.2 Å². The number of hydrogen-bond donors (Lipinski definition) is 0. The molecular weight excluding hydrogens is 244 g/mol. The fourth-order valence-electron chi connectivity index (χ4n) is 3.22. The molecular formula is C15H21ClN2. The fourth-order valence-corrected chi connectivity index (χ4v) is 3.41. The molecule has 1 aromatic carbocycles. The van der Waals surface area contributed by atoms with Gasteiger partial charge < -0.3 is 4.90 Å². The number of fused-ring (bicyclic) bond motifs is 1. The zero-order chi connectivity index (χ0) is 12.5. The Morgan fingerprint density at radius 1 is 1.11 bits per heavy atom. The summed E-state index contributed by atoms with van der Waals surface area (Å²) in [6.45, 7) is 4.80. The molecule has 0 unspecified atom stereocenters. The molecule has 1 saturated heterocycles. The van der Waals surface area contributed by atoms with Crippen LogP contribution in [0.3, 0.4) is 0 Å². The third kappa shape index (κ3) is 2.56. The van der Waals surface area contributed by atoms with Crippen molar-refractivity contribution >= 4 is 11.6 Å². The smallest absolute Gasteiger partial charge is 0.0408 e. The highest BCUT2D eigenvalue weighted by molar-refractivity contribution is 6.30. The van der Waals surface area contributed by atoms with Gasteiger partial charge in [0.05, 0.1) is 0 Å². The number of halogens is 1. The van der Waals surface area contributed by atoms with Crippen LogP contribution in [0, 0.1) is 0 Å². The summed E-state index contributed by atoms with van der Waals surface area (Å²) in [7, 11) is 2.23. The van der Waals surface area contributed by atoms with Gasteiger partial charge in [-0.1, -0.05) is 17.7 Å². The van der Waals surface area contributed by atoms with Gasteiger partial charge in [-0.2, -0.15) is 0 Å². The molecule has 1 fully saturated rings. The van der Waals surface area contributed by atoms with E-state index in [1.165, 1.54) is 43.6 Å². The maximum Gasteiger partial charge on any atom is 0.0408 e. The average Bonchev–Trinajstić information content (AvgIpc) is 2.39. The van der Waals surface area contributed by atoms with E-state index in [4.69, 9.17) is 11.6 Å². The Labute approximate surface area is 115 Å². The first-order valence-corrected chi connectivity index (χ1v) is 7.30. The van der Waals surface area contributed by atoms with E-state index in [9.17, 15) is 0 Å². The molecule has 0 amide bonds. The molecule has 2 aliphatic rings. The zero-order valence-electron chi connectivity index (χ0n) is 11.0. The predicted molar refractivity (Wildman–Crippen MR) is 76.1 cm³/mol. The Morgan fingerprint density at radius 3 is 2.67 bits per heavy atom. The van der Waals surface area contributed by atoms with Crippen LogP contribution in [-0.4, -0.2) is 42.5 Å². The third-order valence-corrected chi connectivity index (χ3v) is 4.65. The number of likely N-dealkylation sites (tertiary alicyclic amines) is 1. The molecule has 3 heteroatoms. The van der Waals surface area contributed by atoms with Crippen molar-refractivity contribution in [2.24, 2.45) is 0 Å². The lowest BCUT2D eigenvalue weighted by Gasteiger charge is -2.39. The fraction of sp³-hybridized carbons (Fsp3) is 0.600. The summed E-state index contributed by atoms with van der Waals surface area (Å²) in [5, 5.41) is 0.876. The van der Waals surface area contributed by atoms with Gasteiger partial charge in [0, 0.05) is 24.2 Å². The molecule has 2 aliphatic heterocycles. The van der Waals surface area contributed by atoms with E-state index in [0.717, 1.165) is 24.0 Å². The van der Waals surface area contributed by atoms with Crippen molar-refractivity contribution in [3.8, 4) is 0 Å². The van der Waals surface area contributed by atoms with Gasteiger partial charge in [-0.25, -0.2) is 0 Å². The van der Waals surface area contributed by atoms with E-state index in [-0.39, 0.29) is 0 Å². The Kier molecular flexibility index (Phi) is 3.60. The van der Waals surface area contributed by atoms with Gasteiger partial charge in [0.1, 0.15) is 0 Å². The predicted octanol–water partition coefficient (Wildman–Crippen LogP) is 2.79. The minimum atomic E-state index is 0.782. The number of hydrogen-bond acceptors (Lipinski definition) is 2. The Balaban J connectivity index is 1.69. The first-order valence-electron chi connectivity index (χ1n) is 6.92. The summed E-state index contributed by atoms with van der Waals surface area (Å²) in [6, 6.07) is 7.16. The third-order valence-electron chi connectivity index (χ3n) is 4.41. The highest BCUT2D eigenvalue weighted by Gasteiger charge is 2.26. The lowest BCUT2D eigenvalue weighted by atomic mass is 9.95. The highest BCUT2D eigenvalue weighted by Crippen LogP contribution is 2.26. The van der Waals surface area contributed by atoms with Crippen LogP contribution in [0.25, 0.3) is 0 Å². The van der Waals surface area contributed by atoms with Gasteiger partial charge >= 0.3 is 0 Å². The van der Waals surface area contributed by atoms with Crippen LogP contribution in [-0.2, 0) is 13.0 Å². The summed E-state index contributed by atoms with van der Waals surface area (Å²) < 4.78 is 0. The maximum absolute atomic E-state index is 6.06. The zero-order valence-corrected chi connectivity index (χ0v) is 11.8. The number of benzene rings is 1. The Morgan fingerprint density at radius 2 is 1.89 bits per heavy atom. The molecule has 2 heterocycles. The van der Waals surface area contributed by atoms with E-state index in [1.54, 1.807) is 0 Å². The molecule has 0 bridgehead atoms. The molecule has 0 saturated carbocycles. The molecule has 18 heavy (non-hydrogen) atoms. The monoisotopic (exact) mass is 264 g/mol. The second-order valence-electron chi connectivity index (χ2n) is 5.67. The second kappa shape index (κ2) is 5.20. The average molecular weight is 265 g/mol. The number of piperidine rings is 1. The van der Waals surface area contributed by atoms with E-state index in [0.29, 0.717) is 0 Å².